The van der Waals surface area contributed by atoms with Crippen molar-refractivity contribution >= 4 is 11.7 Å². The number of aryl methyl sites for hydroxylation is 1. The van der Waals surface area contributed by atoms with Crippen LogP contribution in [-0.2, 0) is 0 Å². The smallest absolute Gasteiger partial charge is 0.335 e. The molecule has 2 N–H and O–H groups in total. The maximum absolute atomic E-state index is 10.8. The van der Waals surface area contributed by atoms with Crippen LogP contribution in [0.3, 0.4) is 0 Å². The van der Waals surface area contributed by atoms with Crippen molar-refractivity contribution in [2.45, 2.75) is 33.2 Å². The number of benzene rings is 1. The van der Waals surface area contributed by atoms with Gasteiger partial charge in [0.2, 0.25) is 0 Å². The lowest BCUT2D eigenvalue weighted by Gasteiger charge is -2.21. The van der Waals surface area contributed by atoms with Crippen LogP contribution in [0.2, 0.25) is 0 Å². The summed E-state index contributed by atoms with van der Waals surface area (Å²) in [5, 5.41) is 12.3. The van der Waals surface area contributed by atoms with Crippen molar-refractivity contribution in [2.24, 2.45) is 0 Å². The lowest BCUT2D eigenvalue weighted by atomic mass is 10.1. The van der Waals surface area contributed by atoms with Crippen molar-refractivity contribution in [3.63, 3.8) is 0 Å². The normalized spacial score (nSPS) is 11.1. The number of aromatic carboxylic acids is 1. The molecule has 0 spiro atoms. The first-order valence-corrected chi connectivity index (χ1v) is 6.70. The Morgan fingerprint density at radius 2 is 2.11 bits per heavy atom. The Morgan fingerprint density at radius 3 is 2.63 bits per heavy atom. The highest BCUT2D eigenvalue weighted by Crippen LogP contribution is 2.16. The van der Waals surface area contributed by atoms with E-state index >= 15 is 0 Å². The van der Waals surface area contributed by atoms with Crippen molar-refractivity contribution in [3.05, 3.63) is 29.3 Å². The van der Waals surface area contributed by atoms with Gasteiger partial charge in [-0.25, -0.2) is 4.79 Å². The quantitative estimate of drug-likeness (QED) is 0.744. The molecule has 0 radical (unpaired) electrons. The predicted molar refractivity (Wildman–Crippen MR) is 79.0 cm³/mol. The molecular formula is C15H24N2O2. The third-order valence-corrected chi connectivity index (χ3v) is 3.36. The SMILES string of the molecule is Cc1cc(C(=O)O)ccc1NCCCN(C)C(C)C. The number of carbonyl (C=O) groups is 1. The van der Waals surface area contributed by atoms with Crippen LogP contribution in [0.25, 0.3) is 0 Å². The Hall–Kier alpha value is -1.55. The van der Waals surface area contributed by atoms with Gasteiger partial charge in [0, 0.05) is 18.3 Å². The van der Waals surface area contributed by atoms with Gasteiger partial charge in [0.05, 0.1) is 5.56 Å². The fourth-order valence-electron chi connectivity index (χ4n) is 1.80. The Balaban J connectivity index is 2.44. The number of nitrogens with zero attached hydrogens (tertiary/aromatic N) is 1. The first kappa shape index (κ1) is 15.5. The van der Waals surface area contributed by atoms with Crippen molar-refractivity contribution < 1.29 is 9.90 Å². The van der Waals surface area contributed by atoms with E-state index in [9.17, 15) is 4.79 Å². The summed E-state index contributed by atoms with van der Waals surface area (Å²) in [6.45, 7) is 8.24. The lowest BCUT2D eigenvalue weighted by molar-refractivity contribution is 0.0697. The number of carboxylic acids is 1. The number of nitrogens with one attached hydrogen (secondary N) is 1. The molecule has 4 nitrogen and oxygen atoms in total. The van der Waals surface area contributed by atoms with E-state index in [0.717, 1.165) is 30.8 Å². The standard InChI is InChI=1S/C15H24N2O2/c1-11(2)17(4)9-5-8-16-14-7-6-13(15(18)19)10-12(14)3/h6-7,10-11,16H,5,8-9H2,1-4H3,(H,18,19). The number of hydrogen-bond acceptors (Lipinski definition) is 3. The van der Waals surface area contributed by atoms with E-state index in [-0.39, 0.29) is 0 Å². The van der Waals surface area contributed by atoms with Gasteiger partial charge in [0.15, 0.2) is 0 Å². The number of anilines is 1. The molecule has 0 fully saturated rings. The van der Waals surface area contributed by atoms with Crippen LogP contribution in [0.1, 0.15) is 36.2 Å². The van der Waals surface area contributed by atoms with Gasteiger partial charge in [-0.2, -0.15) is 0 Å². The van der Waals surface area contributed by atoms with Gasteiger partial charge in [-0.05, 0) is 64.5 Å². The molecule has 0 bridgehead atoms. The summed E-state index contributed by atoms with van der Waals surface area (Å²) in [6.07, 6.45) is 1.06. The number of rotatable bonds is 7. The van der Waals surface area contributed by atoms with Crippen LogP contribution < -0.4 is 5.32 Å². The first-order valence-electron chi connectivity index (χ1n) is 6.70. The van der Waals surface area contributed by atoms with E-state index in [0.29, 0.717) is 11.6 Å². The van der Waals surface area contributed by atoms with Crippen LogP contribution in [-0.4, -0.2) is 42.2 Å². The van der Waals surface area contributed by atoms with Crippen LogP contribution in [0.15, 0.2) is 18.2 Å². The van der Waals surface area contributed by atoms with Crippen molar-refractivity contribution in [1.29, 1.82) is 0 Å². The van der Waals surface area contributed by atoms with E-state index in [1.54, 1.807) is 12.1 Å². The molecule has 1 aromatic carbocycles. The fourth-order valence-corrected chi connectivity index (χ4v) is 1.80. The van der Waals surface area contributed by atoms with Crippen molar-refractivity contribution in [2.75, 3.05) is 25.5 Å². The molecule has 0 saturated heterocycles. The molecule has 0 atom stereocenters. The molecule has 0 heterocycles. The van der Waals surface area contributed by atoms with Crippen LogP contribution >= 0.6 is 0 Å². The zero-order valence-electron chi connectivity index (χ0n) is 12.2. The van der Waals surface area contributed by atoms with Crippen LogP contribution in [0.5, 0.6) is 0 Å². The lowest BCUT2D eigenvalue weighted by Crippen LogP contribution is -2.28. The average Bonchev–Trinajstić information content (AvgIpc) is 2.35. The highest BCUT2D eigenvalue weighted by molar-refractivity contribution is 5.88. The third-order valence-electron chi connectivity index (χ3n) is 3.36. The molecule has 0 aromatic heterocycles. The Morgan fingerprint density at radius 1 is 1.42 bits per heavy atom. The molecule has 106 valence electrons. The molecule has 19 heavy (non-hydrogen) atoms. The highest BCUT2D eigenvalue weighted by Gasteiger charge is 2.06. The Kier molecular flexibility index (Phi) is 5.83. The second kappa shape index (κ2) is 7.14. The van der Waals surface area contributed by atoms with Gasteiger partial charge in [0.25, 0.3) is 0 Å². The largest absolute Gasteiger partial charge is 0.478 e. The van der Waals surface area contributed by atoms with Crippen LogP contribution in [0.4, 0.5) is 5.69 Å². The predicted octanol–water partition coefficient (Wildman–Crippen LogP) is 2.84. The minimum absolute atomic E-state index is 0.336. The average molecular weight is 264 g/mol. The molecular weight excluding hydrogens is 240 g/mol. The van der Waals surface area contributed by atoms with E-state index in [1.165, 1.54) is 0 Å². The topological polar surface area (TPSA) is 52.6 Å². The second-order valence-corrected chi connectivity index (χ2v) is 5.19. The van der Waals surface area contributed by atoms with E-state index in [1.807, 2.05) is 13.0 Å². The summed E-state index contributed by atoms with van der Waals surface area (Å²) < 4.78 is 0. The van der Waals surface area contributed by atoms with E-state index in [2.05, 4.69) is 31.1 Å². The summed E-state index contributed by atoms with van der Waals surface area (Å²) in [6, 6.07) is 5.74. The van der Waals surface area contributed by atoms with Gasteiger partial charge in [-0.3, -0.25) is 0 Å². The summed E-state index contributed by atoms with van der Waals surface area (Å²) in [7, 11) is 2.12. The molecule has 0 saturated carbocycles. The van der Waals surface area contributed by atoms with Gasteiger partial charge >= 0.3 is 5.97 Å². The molecule has 0 amide bonds. The summed E-state index contributed by atoms with van der Waals surface area (Å²) in [4.78, 5) is 13.1. The van der Waals surface area contributed by atoms with Crippen molar-refractivity contribution in [3.8, 4) is 0 Å². The first-order chi connectivity index (χ1) is 8.91. The number of hydrogen-bond donors (Lipinski definition) is 2. The molecule has 0 aliphatic carbocycles. The molecule has 1 rings (SSSR count). The zero-order chi connectivity index (χ0) is 14.4. The maximum Gasteiger partial charge on any atom is 0.335 e. The molecule has 0 aliphatic heterocycles. The zero-order valence-corrected chi connectivity index (χ0v) is 12.2. The van der Waals surface area contributed by atoms with Gasteiger partial charge in [-0.1, -0.05) is 0 Å². The minimum atomic E-state index is -0.881. The highest BCUT2D eigenvalue weighted by atomic mass is 16.4. The summed E-state index contributed by atoms with van der Waals surface area (Å²) in [5.41, 5.74) is 2.32. The van der Waals surface area contributed by atoms with Gasteiger partial charge < -0.3 is 15.3 Å². The summed E-state index contributed by atoms with van der Waals surface area (Å²) >= 11 is 0. The van der Waals surface area contributed by atoms with E-state index < -0.39 is 5.97 Å². The van der Waals surface area contributed by atoms with Crippen LogP contribution in [0, 0.1) is 6.92 Å². The minimum Gasteiger partial charge on any atom is -0.478 e. The maximum atomic E-state index is 10.8. The molecule has 1 aromatic rings. The van der Waals surface area contributed by atoms with E-state index in [4.69, 9.17) is 5.11 Å². The molecule has 4 heteroatoms. The second-order valence-electron chi connectivity index (χ2n) is 5.19. The van der Waals surface area contributed by atoms with Crippen molar-refractivity contribution in [1.82, 2.24) is 4.90 Å². The molecule has 0 unspecified atom stereocenters. The Labute approximate surface area is 115 Å². The molecule has 0 aliphatic rings. The van der Waals surface area contributed by atoms with Gasteiger partial charge in [0.1, 0.15) is 0 Å². The third kappa shape index (κ3) is 4.91. The fraction of sp³-hybridized carbons (Fsp3) is 0.533. The Bertz CT molecular complexity index is 430. The monoisotopic (exact) mass is 264 g/mol. The number of carboxylic acid groups (broad SMARTS) is 1. The summed E-state index contributed by atoms with van der Waals surface area (Å²) in [5.74, 6) is -0.881. The van der Waals surface area contributed by atoms with Gasteiger partial charge in [-0.15, -0.1) is 0 Å².